The van der Waals surface area contributed by atoms with Crippen LogP contribution in [-0.2, 0) is 6.54 Å². The van der Waals surface area contributed by atoms with Crippen molar-refractivity contribution in [2.24, 2.45) is 0 Å². The van der Waals surface area contributed by atoms with Gasteiger partial charge in [0.1, 0.15) is 5.69 Å². The maximum atomic E-state index is 13.0. The van der Waals surface area contributed by atoms with Gasteiger partial charge in [0, 0.05) is 46.9 Å². The van der Waals surface area contributed by atoms with Crippen LogP contribution in [0.2, 0.25) is 5.02 Å². The number of hydrogen-bond acceptors (Lipinski definition) is 2. The number of benzene rings is 2. The van der Waals surface area contributed by atoms with Gasteiger partial charge in [-0.05, 0) is 74.7 Å². The molecule has 2 aromatic carbocycles. The molecule has 0 unspecified atom stereocenters. The number of nitrogens with one attached hydrogen (secondary N) is 1. The largest absolute Gasteiger partial charge is 0.372 e. The van der Waals surface area contributed by atoms with Crippen LogP contribution >= 0.6 is 11.6 Å². The minimum Gasteiger partial charge on any atom is -0.372 e. The highest BCUT2D eigenvalue weighted by Crippen LogP contribution is 2.29. The average Bonchev–Trinajstić information content (AvgIpc) is 3.29. The Labute approximate surface area is 164 Å². The molecular formula is C22H24ClN3O. The number of aryl methyl sites for hydroxylation is 2. The van der Waals surface area contributed by atoms with Crippen molar-refractivity contribution in [3.63, 3.8) is 0 Å². The van der Waals surface area contributed by atoms with Crippen molar-refractivity contribution in [1.82, 2.24) is 4.57 Å². The van der Waals surface area contributed by atoms with Gasteiger partial charge in [-0.3, -0.25) is 4.79 Å². The van der Waals surface area contributed by atoms with Crippen molar-refractivity contribution < 1.29 is 4.79 Å². The fourth-order valence-corrected chi connectivity index (χ4v) is 4.21. The van der Waals surface area contributed by atoms with Crippen LogP contribution in [0.1, 0.15) is 35.8 Å². The fraction of sp³-hybridized carbons (Fsp3) is 0.318. The second kappa shape index (κ2) is 7.28. The van der Waals surface area contributed by atoms with Gasteiger partial charge in [-0.25, -0.2) is 0 Å². The highest BCUT2D eigenvalue weighted by Gasteiger charge is 2.20. The van der Waals surface area contributed by atoms with Gasteiger partial charge in [0.05, 0.1) is 0 Å². The van der Waals surface area contributed by atoms with Crippen LogP contribution in [0.3, 0.4) is 0 Å². The maximum absolute atomic E-state index is 13.0. The topological polar surface area (TPSA) is 37.3 Å². The third-order valence-corrected chi connectivity index (χ3v) is 5.64. The molecule has 1 amide bonds. The Kier molecular flexibility index (Phi) is 4.83. The number of fused-ring (bicyclic) bond motifs is 1. The van der Waals surface area contributed by atoms with Gasteiger partial charge >= 0.3 is 0 Å². The summed E-state index contributed by atoms with van der Waals surface area (Å²) in [5.74, 6) is -0.0874. The lowest BCUT2D eigenvalue weighted by Crippen LogP contribution is -2.19. The third-order valence-electron chi connectivity index (χ3n) is 5.41. The van der Waals surface area contributed by atoms with Crippen molar-refractivity contribution in [3.8, 4) is 0 Å². The van der Waals surface area contributed by atoms with E-state index in [-0.39, 0.29) is 5.91 Å². The second-order valence-electron chi connectivity index (χ2n) is 7.07. The predicted molar refractivity (Wildman–Crippen MR) is 113 cm³/mol. The Morgan fingerprint density at radius 3 is 2.48 bits per heavy atom. The number of aromatic nitrogens is 1. The summed E-state index contributed by atoms with van der Waals surface area (Å²) in [4.78, 5) is 15.4. The number of amides is 1. The number of nitrogens with zero attached hydrogens (tertiary/aromatic N) is 2. The predicted octanol–water partition coefficient (Wildman–Crippen LogP) is 5.48. The molecule has 0 bridgehead atoms. The Hall–Kier alpha value is -2.46. The lowest BCUT2D eigenvalue weighted by molar-refractivity contribution is 0.101. The van der Waals surface area contributed by atoms with Gasteiger partial charge in [-0.1, -0.05) is 11.6 Å². The van der Waals surface area contributed by atoms with Crippen LogP contribution in [0.15, 0.2) is 42.5 Å². The zero-order valence-electron chi connectivity index (χ0n) is 15.8. The minimum absolute atomic E-state index is 0.0874. The van der Waals surface area contributed by atoms with Crippen molar-refractivity contribution >= 4 is 39.8 Å². The lowest BCUT2D eigenvalue weighted by Gasteiger charge is -2.18. The first kappa shape index (κ1) is 17.9. The number of carbonyl (C=O) groups excluding carboxylic acids is 1. The summed E-state index contributed by atoms with van der Waals surface area (Å²) < 4.78 is 2.05. The minimum atomic E-state index is -0.0874. The summed E-state index contributed by atoms with van der Waals surface area (Å²) in [5, 5.41) is 4.77. The van der Waals surface area contributed by atoms with Gasteiger partial charge in [0.2, 0.25) is 0 Å². The molecule has 0 aliphatic carbocycles. The molecule has 1 N–H and O–H groups in total. The first-order valence-corrected chi connectivity index (χ1v) is 9.91. The van der Waals surface area contributed by atoms with Gasteiger partial charge in [0.25, 0.3) is 5.91 Å². The molecule has 27 heavy (non-hydrogen) atoms. The Balaban J connectivity index is 1.62. The van der Waals surface area contributed by atoms with E-state index < -0.39 is 0 Å². The van der Waals surface area contributed by atoms with Gasteiger partial charge in [-0.2, -0.15) is 0 Å². The normalized spacial score (nSPS) is 14.1. The average molecular weight is 382 g/mol. The molecule has 0 atom stereocenters. The summed E-state index contributed by atoms with van der Waals surface area (Å²) in [5.41, 5.74) is 4.72. The molecule has 0 spiro atoms. The standard InChI is InChI=1S/C22H24ClN3O/c1-3-26-20-11-6-16(23)14-19(20)15(2)21(26)22(27)24-17-7-9-18(10-8-17)25-12-4-5-13-25/h6-11,14H,3-5,12-13H2,1-2H3,(H,24,27). The van der Waals surface area contributed by atoms with Crippen LogP contribution in [-0.4, -0.2) is 23.6 Å². The molecule has 1 aromatic heterocycles. The van der Waals surface area contributed by atoms with E-state index in [1.165, 1.54) is 18.5 Å². The number of anilines is 2. The molecule has 3 aromatic rings. The van der Waals surface area contributed by atoms with E-state index in [9.17, 15) is 4.79 Å². The SMILES string of the molecule is CCn1c(C(=O)Nc2ccc(N3CCCC3)cc2)c(C)c2cc(Cl)ccc21. The summed E-state index contributed by atoms with van der Waals surface area (Å²) in [6.07, 6.45) is 2.51. The molecule has 0 saturated carbocycles. The van der Waals surface area contributed by atoms with Crippen LogP contribution in [0.25, 0.3) is 10.9 Å². The van der Waals surface area contributed by atoms with Gasteiger partial charge in [0.15, 0.2) is 0 Å². The monoisotopic (exact) mass is 381 g/mol. The van der Waals surface area contributed by atoms with Gasteiger partial charge in [-0.15, -0.1) is 0 Å². The molecule has 0 radical (unpaired) electrons. The van der Waals surface area contributed by atoms with E-state index in [0.717, 1.165) is 41.8 Å². The summed E-state index contributed by atoms with van der Waals surface area (Å²) in [6, 6.07) is 13.9. The van der Waals surface area contributed by atoms with Crippen molar-refractivity contribution in [2.75, 3.05) is 23.3 Å². The lowest BCUT2D eigenvalue weighted by atomic mass is 10.1. The molecule has 4 nitrogen and oxygen atoms in total. The zero-order valence-corrected chi connectivity index (χ0v) is 16.5. The van der Waals surface area contributed by atoms with E-state index in [4.69, 9.17) is 11.6 Å². The fourth-order valence-electron chi connectivity index (χ4n) is 4.04. The van der Waals surface area contributed by atoms with Crippen molar-refractivity contribution in [2.45, 2.75) is 33.2 Å². The van der Waals surface area contributed by atoms with E-state index in [1.54, 1.807) is 0 Å². The highest BCUT2D eigenvalue weighted by atomic mass is 35.5. The van der Waals surface area contributed by atoms with Crippen LogP contribution in [0, 0.1) is 6.92 Å². The van der Waals surface area contributed by atoms with Gasteiger partial charge < -0.3 is 14.8 Å². The van der Waals surface area contributed by atoms with E-state index in [0.29, 0.717) is 10.7 Å². The molecule has 1 aliphatic heterocycles. The van der Waals surface area contributed by atoms with Crippen molar-refractivity contribution in [3.05, 3.63) is 58.7 Å². The summed E-state index contributed by atoms with van der Waals surface area (Å²) in [7, 11) is 0. The quantitative estimate of drug-likeness (QED) is 0.650. The third kappa shape index (κ3) is 3.30. The maximum Gasteiger partial charge on any atom is 0.272 e. The van der Waals surface area contributed by atoms with Crippen LogP contribution in [0.5, 0.6) is 0 Å². The molecule has 1 saturated heterocycles. The number of rotatable bonds is 4. The first-order valence-electron chi connectivity index (χ1n) is 9.53. The summed E-state index contributed by atoms with van der Waals surface area (Å²) in [6.45, 7) is 6.99. The number of carbonyl (C=O) groups is 1. The molecule has 140 valence electrons. The van der Waals surface area contributed by atoms with Crippen LogP contribution < -0.4 is 10.2 Å². The van der Waals surface area contributed by atoms with Crippen molar-refractivity contribution in [1.29, 1.82) is 0 Å². The smallest absolute Gasteiger partial charge is 0.272 e. The number of halogens is 1. The Bertz CT molecular complexity index is 985. The molecule has 2 heterocycles. The molecule has 5 heteroatoms. The van der Waals surface area contributed by atoms with E-state index in [2.05, 4.69) is 33.8 Å². The van der Waals surface area contributed by atoms with E-state index in [1.807, 2.05) is 37.3 Å². The molecule has 4 rings (SSSR count). The summed E-state index contributed by atoms with van der Waals surface area (Å²) >= 11 is 6.16. The Morgan fingerprint density at radius 1 is 1.11 bits per heavy atom. The second-order valence-corrected chi connectivity index (χ2v) is 7.51. The highest BCUT2D eigenvalue weighted by molar-refractivity contribution is 6.31. The molecule has 1 aliphatic rings. The first-order chi connectivity index (χ1) is 13.1. The number of hydrogen-bond donors (Lipinski definition) is 1. The Morgan fingerprint density at radius 2 is 1.81 bits per heavy atom. The molecular weight excluding hydrogens is 358 g/mol. The zero-order chi connectivity index (χ0) is 19.0. The van der Waals surface area contributed by atoms with Crippen LogP contribution in [0.4, 0.5) is 11.4 Å². The van der Waals surface area contributed by atoms with E-state index >= 15 is 0 Å². The molecule has 1 fully saturated rings.